The molecule has 1 amide bonds. The molecule has 1 aromatic rings. The van der Waals surface area contributed by atoms with Gasteiger partial charge in [0.25, 0.3) is 5.91 Å². The maximum Gasteiger partial charge on any atom is 0.254 e. The van der Waals surface area contributed by atoms with Crippen LogP contribution in [-0.2, 0) is 10.0 Å². The molecule has 0 radical (unpaired) electrons. The van der Waals surface area contributed by atoms with Crippen LogP contribution < -0.4 is 5.32 Å². The van der Waals surface area contributed by atoms with Crippen molar-refractivity contribution < 1.29 is 13.2 Å². The van der Waals surface area contributed by atoms with Crippen molar-refractivity contribution in [1.29, 1.82) is 0 Å². The van der Waals surface area contributed by atoms with Gasteiger partial charge in [-0.25, -0.2) is 8.42 Å². The fraction of sp³-hybridized carbons (Fsp3) is 0.611. The second-order valence-corrected chi connectivity index (χ2v) is 8.54. The summed E-state index contributed by atoms with van der Waals surface area (Å²) in [5, 5.41) is 3.24. The lowest BCUT2D eigenvalue weighted by Gasteiger charge is -2.31. The van der Waals surface area contributed by atoms with E-state index in [0.717, 1.165) is 38.8 Å². The van der Waals surface area contributed by atoms with Gasteiger partial charge in [-0.05, 0) is 44.5 Å². The molecule has 0 aromatic heterocycles. The number of piperidine rings is 1. The number of hydrogen-bond acceptors (Lipinski definition) is 4. The highest BCUT2D eigenvalue weighted by Crippen LogP contribution is 2.24. The Kier molecular flexibility index (Phi) is 9.03. The van der Waals surface area contributed by atoms with Gasteiger partial charge in [0, 0.05) is 26.7 Å². The Morgan fingerprint density at radius 2 is 1.81 bits per heavy atom. The number of benzene rings is 1. The summed E-state index contributed by atoms with van der Waals surface area (Å²) in [7, 11) is -0.372. The molecule has 1 aromatic carbocycles. The minimum absolute atomic E-state index is 0. The second kappa shape index (κ2) is 10.3. The molecule has 0 spiro atoms. The van der Waals surface area contributed by atoms with E-state index in [4.69, 9.17) is 0 Å². The van der Waals surface area contributed by atoms with Crippen molar-refractivity contribution in [2.75, 3.05) is 33.7 Å². The number of carbonyl (C=O) groups excluding carboxylic acids is 1. The number of carbonyl (C=O) groups is 1. The van der Waals surface area contributed by atoms with Crippen molar-refractivity contribution in [3.63, 3.8) is 0 Å². The summed E-state index contributed by atoms with van der Waals surface area (Å²) in [6.07, 6.45) is 3.44. The number of nitrogens with one attached hydrogen (secondary N) is 1. The van der Waals surface area contributed by atoms with Gasteiger partial charge in [0.05, 0.1) is 10.5 Å². The molecule has 1 saturated heterocycles. The van der Waals surface area contributed by atoms with Crippen LogP contribution in [0.1, 0.15) is 43.0 Å². The van der Waals surface area contributed by atoms with E-state index in [1.54, 1.807) is 37.2 Å². The van der Waals surface area contributed by atoms with Gasteiger partial charge in [0.15, 0.2) is 0 Å². The Balaban J connectivity index is 0.00000338. The fourth-order valence-electron chi connectivity index (χ4n) is 3.09. The van der Waals surface area contributed by atoms with E-state index in [-0.39, 0.29) is 34.8 Å². The van der Waals surface area contributed by atoms with Gasteiger partial charge in [0.1, 0.15) is 0 Å². The highest BCUT2D eigenvalue weighted by molar-refractivity contribution is 7.89. The normalized spacial score (nSPS) is 15.5. The van der Waals surface area contributed by atoms with Crippen LogP contribution in [-0.4, -0.2) is 63.3 Å². The summed E-state index contributed by atoms with van der Waals surface area (Å²) in [6, 6.07) is 6.49. The van der Waals surface area contributed by atoms with Gasteiger partial charge < -0.3 is 10.2 Å². The third-order valence-electron chi connectivity index (χ3n) is 4.79. The van der Waals surface area contributed by atoms with Crippen molar-refractivity contribution in [3.05, 3.63) is 29.8 Å². The summed E-state index contributed by atoms with van der Waals surface area (Å²) in [6.45, 7) is 4.30. The number of nitrogens with zero attached hydrogens (tertiary/aromatic N) is 2. The third-order valence-corrected chi connectivity index (χ3v) is 6.76. The molecule has 1 aliphatic rings. The number of sulfonamides is 1. The zero-order valence-electron chi connectivity index (χ0n) is 15.8. The lowest BCUT2D eigenvalue weighted by Crippen LogP contribution is -2.44. The van der Waals surface area contributed by atoms with E-state index in [2.05, 4.69) is 12.2 Å². The first-order chi connectivity index (χ1) is 11.9. The lowest BCUT2D eigenvalue weighted by molar-refractivity contribution is 0.0789. The standard InChI is InChI=1S/C18H29N3O3S.ClH/c1-4-5-14-20(2)18(22)16-8-6-7-9-17(16)25(23,24)21(3)15-10-12-19-13-11-15;/h6-9,15,19H,4-5,10-14H2,1-3H3;1H. The summed E-state index contributed by atoms with van der Waals surface area (Å²) in [5.41, 5.74) is 0.252. The molecule has 0 saturated carbocycles. The Bertz CT molecular complexity index is 691. The van der Waals surface area contributed by atoms with E-state index in [9.17, 15) is 13.2 Å². The average Bonchev–Trinajstić information content (AvgIpc) is 2.65. The third kappa shape index (κ3) is 5.19. The van der Waals surface area contributed by atoms with Crippen molar-refractivity contribution >= 4 is 28.3 Å². The zero-order valence-corrected chi connectivity index (χ0v) is 17.4. The van der Waals surface area contributed by atoms with Gasteiger partial charge in [-0.3, -0.25) is 4.79 Å². The highest BCUT2D eigenvalue weighted by Gasteiger charge is 2.32. The van der Waals surface area contributed by atoms with Crippen LogP contribution in [0.15, 0.2) is 29.2 Å². The molecule has 2 rings (SSSR count). The van der Waals surface area contributed by atoms with Gasteiger partial charge in [0.2, 0.25) is 10.0 Å². The Morgan fingerprint density at radius 3 is 2.42 bits per heavy atom. The highest BCUT2D eigenvalue weighted by atomic mass is 35.5. The number of rotatable bonds is 7. The van der Waals surface area contributed by atoms with Gasteiger partial charge in [-0.15, -0.1) is 12.4 Å². The maximum atomic E-state index is 13.1. The molecule has 1 aliphatic heterocycles. The van der Waals surface area contributed by atoms with Crippen LogP contribution in [0, 0.1) is 0 Å². The van der Waals surface area contributed by atoms with Crippen molar-refractivity contribution in [3.8, 4) is 0 Å². The summed E-state index contributed by atoms with van der Waals surface area (Å²) < 4.78 is 27.7. The van der Waals surface area contributed by atoms with Crippen molar-refractivity contribution in [2.24, 2.45) is 0 Å². The summed E-state index contributed by atoms with van der Waals surface area (Å²) in [5.74, 6) is -0.244. The second-order valence-electron chi connectivity index (χ2n) is 6.58. The van der Waals surface area contributed by atoms with E-state index in [1.807, 2.05) is 0 Å². The minimum Gasteiger partial charge on any atom is -0.342 e. The molecule has 148 valence electrons. The number of amides is 1. The van der Waals surface area contributed by atoms with Crippen LogP contribution in [0.5, 0.6) is 0 Å². The Hall–Kier alpha value is -1.15. The molecular formula is C18H30ClN3O3S. The van der Waals surface area contributed by atoms with Crippen LogP contribution in [0.3, 0.4) is 0 Å². The fourth-order valence-corrected chi connectivity index (χ4v) is 4.69. The quantitative estimate of drug-likeness (QED) is 0.758. The van der Waals surface area contributed by atoms with E-state index < -0.39 is 10.0 Å². The predicted octanol–water partition coefficient (Wildman–Crippen LogP) is 2.35. The zero-order chi connectivity index (χ0) is 18.4. The Morgan fingerprint density at radius 1 is 1.19 bits per heavy atom. The SMILES string of the molecule is CCCCN(C)C(=O)c1ccccc1S(=O)(=O)N(C)C1CCNCC1.Cl. The topological polar surface area (TPSA) is 69.7 Å². The molecule has 0 unspecified atom stereocenters. The lowest BCUT2D eigenvalue weighted by atomic mass is 10.1. The van der Waals surface area contributed by atoms with Crippen molar-refractivity contribution in [2.45, 2.75) is 43.5 Å². The summed E-state index contributed by atoms with van der Waals surface area (Å²) >= 11 is 0. The summed E-state index contributed by atoms with van der Waals surface area (Å²) in [4.78, 5) is 14.5. The smallest absolute Gasteiger partial charge is 0.254 e. The molecule has 1 N–H and O–H groups in total. The molecule has 1 fully saturated rings. The first kappa shape index (κ1) is 22.9. The molecule has 0 aliphatic carbocycles. The first-order valence-corrected chi connectivity index (χ1v) is 10.4. The number of unbranched alkanes of at least 4 members (excludes halogenated alkanes) is 1. The van der Waals surface area contributed by atoms with E-state index in [1.165, 1.54) is 10.4 Å². The van der Waals surface area contributed by atoms with Crippen LogP contribution in [0.25, 0.3) is 0 Å². The molecule has 1 heterocycles. The first-order valence-electron chi connectivity index (χ1n) is 8.92. The Labute approximate surface area is 163 Å². The maximum absolute atomic E-state index is 13.1. The van der Waals surface area contributed by atoms with E-state index >= 15 is 0 Å². The number of hydrogen-bond donors (Lipinski definition) is 1. The van der Waals surface area contributed by atoms with E-state index in [0.29, 0.717) is 6.54 Å². The van der Waals surface area contributed by atoms with Gasteiger partial charge in [-0.1, -0.05) is 25.5 Å². The van der Waals surface area contributed by atoms with Gasteiger partial charge >= 0.3 is 0 Å². The van der Waals surface area contributed by atoms with Crippen LogP contribution in [0.2, 0.25) is 0 Å². The molecular weight excluding hydrogens is 374 g/mol. The predicted molar refractivity (Wildman–Crippen MR) is 106 cm³/mol. The number of halogens is 1. The molecule has 6 nitrogen and oxygen atoms in total. The van der Waals surface area contributed by atoms with Crippen LogP contribution in [0.4, 0.5) is 0 Å². The minimum atomic E-state index is -3.71. The van der Waals surface area contributed by atoms with Crippen molar-refractivity contribution in [1.82, 2.24) is 14.5 Å². The average molecular weight is 404 g/mol. The molecule has 0 atom stereocenters. The monoisotopic (exact) mass is 403 g/mol. The largest absolute Gasteiger partial charge is 0.342 e. The van der Waals surface area contributed by atoms with Gasteiger partial charge in [-0.2, -0.15) is 4.31 Å². The molecule has 8 heteroatoms. The molecule has 26 heavy (non-hydrogen) atoms. The molecule has 0 bridgehead atoms. The van der Waals surface area contributed by atoms with Crippen LogP contribution >= 0.6 is 12.4 Å².